The lowest BCUT2D eigenvalue weighted by Crippen LogP contribution is -2.04. The van der Waals surface area contributed by atoms with Crippen molar-refractivity contribution in [1.29, 1.82) is 0 Å². The van der Waals surface area contributed by atoms with Crippen molar-refractivity contribution >= 4 is 0 Å². The first-order chi connectivity index (χ1) is 8.28. The lowest BCUT2D eigenvalue weighted by Gasteiger charge is -2.02. The van der Waals surface area contributed by atoms with Crippen LogP contribution in [0.1, 0.15) is 11.5 Å². The summed E-state index contributed by atoms with van der Waals surface area (Å²) in [6.45, 7) is 0.879. The van der Waals surface area contributed by atoms with Crippen LogP contribution in [-0.2, 0) is 13.2 Å². The number of nitrogens with one attached hydrogen (secondary N) is 1. The molecule has 0 spiro atoms. The summed E-state index contributed by atoms with van der Waals surface area (Å²) >= 11 is 0. The molecule has 0 aliphatic rings. The number of halogens is 1. The highest BCUT2D eigenvalue weighted by Crippen LogP contribution is 2.14. The minimum absolute atomic E-state index is 0.236. The molecular weight excluding hydrogens is 223 g/mol. The highest BCUT2D eigenvalue weighted by molar-refractivity contribution is 5.22. The molecule has 1 aromatic heterocycles. The van der Waals surface area contributed by atoms with Crippen LogP contribution in [0.2, 0.25) is 0 Å². The van der Waals surface area contributed by atoms with Gasteiger partial charge < -0.3 is 14.6 Å². The Kier molecular flexibility index (Phi) is 3.72. The quantitative estimate of drug-likeness (QED) is 0.863. The average molecular weight is 236 g/mol. The molecule has 2 aromatic rings. The number of hydrogen-bond acceptors (Lipinski definition) is 4. The van der Waals surface area contributed by atoms with Gasteiger partial charge in [-0.25, -0.2) is 4.39 Å². The summed E-state index contributed by atoms with van der Waals surface area (Å²) in [5, 5.41) is 6.81. The number of nitrogens with zero attached hydrogens (tertiary/aromatic N) is 1. The van der Waals surface area contributed by atoms with E-state index in [0.29, 0.717) is 18.1 Å². The fourth-order valence-corrected chi connectivity index (χ4v) is 1.40. The lowest BCUT2D eigenvalue weighted by atomic mass is 10.3. The SMILES string of the molecule is CNCc1cc(COc2cccc(F)c2)on1. The summed E-state index contributed by atoms with van der Waals surface area (Å²) in [4.78, 5) is 0. The van der Waals surface area contributed by atoms with Crippen molar-refractivity contribution in [2.45, 2.75) is 13.2 Å². The lowest BCUT2D eigenvalue weighted by molar-refractivity contribution is 0.247. The van der Waals surface area contributed by atoms with Crippen LogP contribution in [0.3, 0.4) is 0 Å². The third kappa shape index (κ3) is 3.29. The zero-order chi connectivity index (χ0) is 12.1. The average Bonchev–Trinajstić information content (AvgIpc) is 2.75. The standard InChI is InChI=1S/C12H13FN2O2/c1-14-7-10-6-12(17-15-10)8-16-11-4-2-3-9(13)5-11/h2-6,14H,7-8H2,1H3. The first-order valence-electron chi connectivity index (χ1n) is 5.25. The van der Waals surface area contributed by atoms with Crippen molar-refractivity contribution in [1.82, 2.24) is 10.5 Å². The molecule has 90 valence electrons. The van der Waals surface area contributed by atoms with Crippen LogP contribution in [0.25, 0.3) is 0 Å². The topological polar surface area (TPSA) is 47.3 Å². The van der Waals surface area contributed by atoms with E-state index in [9.17, 15) is 4.39 Å². The molecule has 5 heteroatoms. The van der Waals surface area contributed by atoms with Crippen LogP contribution in [0.4, 0.5) is 4.39 Å². The molecule has 0 bridgehead atoms. The Hall–Kier alpha value is -1.88. The van der Waals surface area contributed by atoms with Gasteiger partial charge in [-0.15, -0.1) is 0 Å². The van der Waals surface area contributed by atoms with Crippen LogP contribution < -0.4 is 10.1 Å². The van der Waals surface area contributed by atoms with Gasteiger partial charge in [-0.05, 0) is 19.2 Å². The molecule has 0 aliphatic carbocycles. The van der Waals surface area contributed by atoms with Gasteiger partial charge in [0.1, 0.15) is 18.2 Å². The van der Waals surface area contributed by atoms with Gasteiger partial charge in [-0.3, -0.25) is 0 Å². The molecule has 1 heterocycles. The normalized spacial score (nSPS) is 10.5. The Morgan fingerprint density at radius 1 is 1.41 bits per heavy atom. The third-order valence-corrected chi connectivity index (χ3v) is 2.14. The predicted molar refractivity (Wildman–Crippen MR) is 60.0 cm³/mol. The fraction of sp³-hybridized carbons (Fsp3) is 0.250. The molecule has 0 radical (unpaired) electrons. The smallest absolute Gasteiger partial charge is 0.174 e. The summed E-state index contributed by atoms with van der Waals surface area (Å²) in [5.41, 5.74) is 0.811. The Morgan fingerprint density at radius 2 is 2.29 bits per heavy atom. The van der Waals surface area contributed by atoms with Crippen LogP contribution in [0.15, 0.2) is 34.9 Å². The first kappa shape index (κ1) is 11.6. The van der Waals surface area contributed by atoms with Gasteiger partial charge >= 0.3 is 0 Å². The number of rotatable bonds is 5. The van der Waals surface area contributed by atoms with Crippen molar-refractivity contribution in [2.75, 3.05) is 7.05 Å². The molecule has 0 saturated heterocycles. The monoisotopic (exact) mass is 236 g/mol. The molecule has 17 heavy (non-hydrogen) atoms. The highest BCUT2D eigenvalue weighted by Gasteiger charge is 2.04. The van der Waals surface area contributed by atoms with E-state index in [1.54, 1.807) is 18.2 Å². The molecule has 0 fully saturated rings. The first-order valence-corrected chi connectivity index (χ1v) is 5.25. The number of aromatic nitrogens is 1. The summed E-state index contributed by atoms with van der Waals surface area (Å²) < 4.78 is 23.3. The molecule has 0 atom stereocenters. The second-order valence-electron chi connectivity index (χ2n) is 3.56. The second-order valence-corrected chi connectivity index (χ2v) is 3.56. The van der Waals surface area contributed by atoms with Crippen molar-refractivity contribution in [2.24, 2.45) is 0 Å². The summed E-state index contributed by atoms with van der Waals surface area (Å²) in [6.07, 6.45) is 0. The Balaban J connectivity index is 1.93. The van der Waals surface area contributed by atoms with E-state index in [0.717, 1.165) is 5.69 Å². The van der Waals surface area contributed by atoms with Crippen LogP contribution in [0, 0.1) is 5.82 Å². The van der Waals surface area contributed by atoms with Gasteiger partial charge in [0.25, 0.3) is 0 Å². The second kappa shape index (κ2) is 5.45. The molecular formula is C12H13FN2O2. The van der Waals surface area contributed by atoms with E-state index in [4.69, 9.17) is 9.26 Å². The Labute approximate surface area is 98.4 Å². The molecule has 0 unspecified atom stereocenters. The van der Waals surface area contributed by atoms with Gasteiger partial charge in [0, 0.05) is 18.7 Å². The molecule has 0 aliphatic heterocycles. The van der Waals surface area contributed by atoms with Gasteiger partial charge in [-0.2, -0.15) is 0 Å². The van der Waals surface area contributed by atoms with E-state index in [1.165, 1.54) is 12.1 Å². The maximum absolute atomic E-state index is 12.9. The molecule has 1 aromatic carbocycles. The number of ether oxygens (including phenoxy) is 1. The van der Waals surface area contributed by atoms with Crippen molar-refractivity contribution in [3.05, 3.63) is 47.6 Å². The van der Waals surface area contributed by atoms with Gasteiger partial charge in [0.15, 0.2) is 5.76 Å². The third-order valence-electron chi connectivity index (χ3n) is 2.14. The summed E-state index contributed by atoms with van der Waals surface area (Å²) in [6, 6.07) is 7.78. The predicted octanol–water partition coefficient (Wildman–Crippen LogP) is 2.11. The van der Waals surface area contributed by atoms with Crippen LogP contribution in [-0.4, -0.2) is 12.2 Å². The molecule has 4 nitrogen and oxygen atoms in total. The van der Waals surface area contributed by atoms with Gasteiger partial charge in [0.05, 0.1) is 5.69 Å². The summed E-state index contributed by atoms with van der Waals surface area (Å²) in [7, 11) is 1.83. The van der Waals surface area contributed by atoms with E-state index in [2.05, 4.69) is 10.5 Å². The maximum atomic E-state index is 12.9. The van der Waals surface area contributed by atoms with Crippen molar-refractivity contribution in [3.63, 3.8) is 0 Å². The van der Waals surface area contributed by atoms with Crippen LogP contribution in [0.5, 0.6) is 5.75 Å². The minimum Gasteiger partial charge on any atom is -0.485 e. The largest absolute Gasteiger partial charge is 0.485 e. The Bertz CT molecular complexity index is 485. The van der Waals surface area contributed by atoms with Crippen molar-refractivity contribution < 1.29 is 13.7 Å². The minimum atomic E-state index is -0.323. The molecule has 1 N–H and O–H groups in total. The zero-order valence-corrected chi connectivity index (χ0v) is 9.44. The van der Waals surface area contributed by atoms with E-state index >= 15 is 0 Å². The number of benzene rings is 1. The van der Waals surface area contributed by atoms with Crippen LogP contribution >= 0.6 is 0 Å². The van der Waals surface area contributed by atoms with E-state index in [1.807, 2.05) is 7.05 Å². The van der Waals surface area contributed by atoms with E-state index in [-0.39, 0.29) is 12.4 Å². The molecule has 2 rings (SSSR count). The summed E-state index contributed by atoms with van der Waals surface area (Å²) in [5.74, 6) is 0.756. The van der Waals surface area contributed by atoms with Gasteiger partial charge in [0.2, 0.25) is 0 Å². The molecule has 0 amide bonds. The zero-order valence-electron chi connectivity index (χ0n) is 9.44. The fourth-order valence-electron chi connectivity index (χ4n) is 1.40. The maximum Gasteiger partial charge on any atom is 0.174 e. The Morgan fingerprint density at radius 3 is 3.06 bits per heavy atom. The number of hydrogen-bond donors (Lipinski definition) is 1. The van der Waals surface area contributed by atoms with Gasteiger partial charge in [-0.1, -0.05) is 11.2 Å². The van der Waals surface area contributed by atoms with E-state index < -0.39 is 0 Å². The molecule has 0 saturated carbocycles. The highest BCUT2D eigenvalue weighted by atomic mass is 19.1. The van der Waals surface area contributed by atoms with Crippen molar-refractivity contribution in [3.8, 4) is 5.75 Å².